The van der Waals surface area contributed by atoms with Crippen molar-refractivity contribution < 1.29 is 19.2 Å². The summed E-state index contributed by atoms with van der Waals surface area (Å²) in [5.74, 6) is -1.72. The van der Waals surface area contributed by atoms with Crippen LogP contribution in [-0.4, -0.2) is 38.2 Å². The fourth-order valence-electron chi connectivity index (χ4n) is 2.36. The molecule has 0 aliphatic carbocycles. The molecule has 148 valence electrons. The van der Waals surface area contributed by atoms with Crippen molar-refractivity contribution in [1.29, 1.82) is 0 Å². The molecular formula is C17H11Cl2N5O5. The number of carbonyl (C=O) groups excluding carboxylic acids is 2. The van der Waals surface area contributed by atoms with Crippen LogP contribution in [0, 0.1) is 10.1 Å². The van der Waals surface area contributed by atoms with Crippen molar-refractivity contribution in [3.8, 4) is 5.69 Å². The number of hydrogen-bond acceptors (Lipinski definition) is 7. The number of carbonyl (C=O) groups is 2. The zero-order chi connectivity index (χ0) is 21.0. The highest BCUT2D eigenvalue weighted by Gasteiger charge is 2.22. The van der Waals surface area contributed by atoms with E-state index < -0.39 is 29.1 Å². The minimum Gasteiger partial charge on any atom is -0.452 e. The third-order valence-corrected chi connectivity index (χ3v) is 4.08. The van der Waals surface area contributed by atoms with E-state index in [0.29, 0.717) is 16.4 Å². The van der Waals surface area contributed by atoms with Crippen molar-refractivity contribution in [2.45, 2.75) is 0 Å². The van der Waals surface area contributed by atoms with E-state index in [4.69, 9.17) is 27.9 Å². The van der Waals surface area contributed by atoms with Crippen molar-refractivity contribution in [1.82, 2.24) is 14.8 Å². The van der Waals surface area contributed by atoms with E-state index in [1.165, 1.54) is 29.5 Å². The number of esters is 1. The smallest absolute Gasteiger partial charge is 0.345 e. The maximum atomic E-state index is 12.2. The number of ether oxygens (including phenoxy) is 1. The number of amides is 1. The van der Waals surface area contributed by atoms with Crippen molar-refractivity contribution in [2.24, 2.45) is 0 Å². The van der Waals surface area contributed by atoms with Crippen LogP contribution in [0.5, 0.6) is 0 Å². The molecule has 0 unspecified atom stereocenters. The van der Waals surface area contributed by atoms with E-state index in [-0.39, 0.29) is 10.6 Å². The number of aromatic nitrogens is 3. The summed E-state index contributed by atoms with van der Waals surface area (Å²) >= 11 is 11.7. The summed E-state index contributed by atoms with van der Waals surface area (Å²) in [5, 5.41) is 18.1. The molecule has 1 heterocycles. The van der Waals surface area contributed by atoms with Crippen molar-refractivity contribution >= 4 is 46.5 Å². The molecule has 10 nitrogen and oxygen atoms in total. The van der Waals surface area contributed by atoms with Gasteiger partial charge in [-0.15, -0.1) is 0 Å². The normalized spacial score (nSPS) is 10.4. The molecule has 29 heavy (non-hydrogen) atoms. The summed E-state index contributed by atoms with van der Waals surface area (Å²) in [4.78, 5) is 38.5. The van der Waals surface area contributed by atoms with E-state index in [1.54, 1.807) is 12.1 Å². The molecule has 3 aromatic rings. The number of hydrogen-bond donors (Lipinski definition) is 1. The van der Waals surface area contributed by atoms with Crippen LogP contribution in [0.1, 0.15) is 10.4 Å². The Morgan fingerprint density at radius 2 is 1.90 bits per heavy atom. The lowest BCUT2D eigenvalue weighted by molar-refractivity contribution is -0.385. The number of nitro benzene ring substituents is 1. The fraction of sp³-hybridized carbons (Fsp3) is 0.0588. The second kappa shape index (κ2) is 8.67. The Bertz CT molecular complexity index is 1090. The third kappa shape index (κ3) is 4.86. The predicted octanol–water partition coefficient (Wildman–Crippen LogP) is 3.28. The Morgan fingerprint density at radius 3 is 2.59 bits per heavy atom. The average molecular weight is 436 g/mol. The van der Waals surface area contributed by atoms with Crippen molar-refractivity contribution in [3.63, 3.8) is 0 Å². The molecule has 12 heteroatoms. The molecule has 2 aromatic carbocycles. The Balaban J connectivity index is 1.71. The first kappa shape index (κ1) is 20.2. The van der Waals surface area contributed by atoms with Gasteiger partial charge < -0.3 is 10.1 Å². The molecule has 0 aliphatic rings. The number of rotatable bonds is 6. The molecule has 0 fully saturated rings. The van der Waals surface area contributed by atoms with Gasteiger partial charge >= 0.3 is 5.97 Å². The van der Waals surface area contributed by atoms with Crippen LogP contribution >= 0.6 is 23.2 Å². The largest absolute Gasteiger partial charge is 0.452 e. The zero-order valence-electron chi connectivity index (χ0n) is 14.4. The topological polar surface area (TPSA) is 129 Å². The third-order valence-electron chi connectivity index (χ3n) is 3.61. The lowest BCUT2D eigenvalue weighted by atomic mass is 10.2. The van der Waals surface area contributed by atoms with E-state index in [2.05, 4.69) is 15.4 Å². The highest BCUT2D eigenvalue weighted by Crippen LogP contribution is 2.25. The van der Waals surface area contributed by atoms with Gasteiger partial charge in [-0.05, 0) is 30.3 Å². The number of benzene rings is 2. The van der Waals surface area contributed by atoms with Gasteiger partial charge in [0.2, 0.25) is 0 Å². The van der Waals surface area contributed by atoms with E-state index in [1.807, 2.05) is 0 Å². The first-order chi connectivity index (χ1) is 13.8. The minimum absolute atomic E-state index is 0.0904. The molecular weight excluding hydrogens is 425 g/mol. The van der Waals surface area contributed by atoms with Gasteiger partial charge in [0.15, 0.2) is 6.61 Å². The maximum absolute atomic E-state index is 12.2. The van der Waals surface area contributed by atoms with Crippen LogP contribution in [0.25, 0.3) is 5.69 Å². The van der Waals surface area contributed by atoms with E-state index in [9.17, 15) is 19.7 Å². The van der Waals surface area contributed by atoms with Crippen molar-refractivity contribution in [2.75, 3.05) is 11.9 Å². The molecule has 0 atom stereocenters. The summed E-state index contributed by atoms with van der Waals surface area (Å²) in [7, 11) is 0. The van der Waals surface area contributed by atoms with Crippen molar-refractivity contribution in [3.05, 3.63) is 74.8 Å². The Morgan fingerprint density at radius 1 is 1.17 bits per heavy atom. The first-order valence-corrected chi connectivity index (χ1v) is 8.66. The number of nitro groups is 1. The van der Waals surface area contributed by atoms with Crippen LogP contribution in [0.15, 0.2) is 49.1 Å². The van der Waals surface area contributed by atoms with Gasteiger partial charge in [0.25, 0.3) is 11.6 Å². The van der Waals surface area contributed by atoms with Gasteiger partial charge in [-0.25, -0.2) is 14.5 Å². The van der Waals surface area contributed by atoms with Gasteiger partial charge in [0.1, 0.15) is 18.2 Å². The van der Waals surface area contributed by atoms with Crippen LogP contribution in [0.4, 0.5) is 11.4 Å². The summed E-state index contributed by atoms with van der Waals surface area (Å²) < 4.78 is 6.30. The van der Waals surface area contributed by atoms with Gasteiger partial charge in [-0.2, -0.15) is 5.10 Å². The van der Waals surface area contributed by atoms with E-state index >= 15 is 0 Å². The summed E-state index contributed by atoms with van der Waals surface area (Å²) in [6.45, 7) is -0.679. The van der Waals surface area contributed by atoms with Crippen LogP contribution in [0.2, 0.25) is 10.0 Å². The zero-order valence-corrected chi connectivity index (χ0v) is 15.9. The number of nitrogens with one attached hydrogen (secondary N) is 1. The molecule has 0 aliphatic heterocycles. The number of nitrogens with zero attached hydrogens (tertiary/aromatic N) is 4. The molecule has 0 bridgehead atoms. The Hall–Kier alpha value is -3.50. The average Bonchev–Trinajstić information content (AvgIpc) is 3.20. The van der Waals surface area contributed by atoms with Gasteiger partial charge in [0, 0.05) is 16.1 Å². The number of halogens is 2. The molecule has 1 amide bonds. The first-order valence-electron chi connectivity index (χ1n) is 7.90. The quantitative estimate of drug-likeness (QED) is 0.357. The summed E-state index contributed by atoms with van der Waals surface area (Å²) in [6.07, 6.45) is 2.75. The molecule has 3 rings (SSSR count). The summed E-state index contributed by atoms with van der Waals surface area (Å²) in [5.41, 5.74) is -0.0501. The number of anilines is 1. The second-order valence-corrected chi connectivity index (χ2v) is 6.42. The van der Waals surface area contributed by atoms with Gasteiger partial charge in [-0.1, -0.05) is 23.2 Å². The monoisotopic (exact) mass is 435 g/mol. The highest BCUT2D eigenvalue weighted by molar-refractivity contribution is 6.31. The lowest BCUT2D eigenvalue weighted by Gasteiger charge is -2.11. The van der Waals surface area contributed by atoms with Gasteiger partial charge in [-0.3, -0.25) is 14.9 Å². The molecule has 0 radical (unpaired) electrons. The summed E-state index contributed by atoms with van der Waals surface area (Å²) in [6, 6.07) is 8.20. The van der Waals surface area contributed by atoms with E-state index in [0.717, 1.165) is 12.1 Å². The lowest BCUT2D eigenvalue weighted by Crippen LogP contribution is -2.22. The van der Waals surface area contributed by atoms with Crippen LogP contribution in [-0.2, 0) is 9.53 Å². The maximum Gasteiger partial charge on any atom is 0.345 e. The molecule has 1 N–H and O–H groups in total. The highest BCUT2D eigenvalue weighted by atomic mass is 35.5. The molecule has 0 saturated carbocycles. The minimum atomic E-state index is -1.04. The second-order valence-electron chi connectivity index (χ2n) is 5.54. The van der Waals surface area contributed by atoms with Gasteiger partial charge in [0.05, 0.1) is 16.3 Å². The Labute approximate surface area is 173 Å². The van der Waals surface area contributed by atoms with Crippen LogP contribution < -0.4 is 5.32 Å². The molecule has 1 aromatic heterocycles. The Kier molecular flexibility index (Phi) is 6.05. The molecule has 0 saturated heterocycles. The van der Waals surface area contributed by atoms with Crippen LogP contribution in [0.3, 0.4) is 0 Å². The standard InChI is InChI=1S/C17H11Cl2N5O5/c18-10-2-4-14(23-9-20-8-21-23)13(5-10)22-16(25)7-29-17(26)12-3-1-11(19)6-15(12)24(27)28/h1-6,8-9H,7H2,(H,22,25). The fourth-order valence-corrected chi connectivity index (χ4v) is 2.70. The SMILES string of the molecule is O=C(COC(=O)c1ccc(Cl)cc1[N+](=O)[O-])Nc1cc(Cl)ccc1-n1cncn1. The molecule has 0 spiro atoms. The predicted molar refractivity (Wildman–Crippen MR) is 103 cm³/mol.